The van der Waals surface area contributed by atoms with Crippen LogP contribution in [0.25, 0.3) is 97.4 Å². The zero-order valence-corrected chi connectivity index (χ0v) is 35.6. The number of hydrogen-bond donors (Lipinski definition) is 0. The molecule has 4 heteroatoms. The van der Waals surface area contributed by atoms with Gasteiger partial charge in [0.1, 0.15) is 0 Å². The van der Waals surface area contributed by atoms with Crippen LogP contribution in [0.3, 0.4) is 0 Å². The topological polar surface area (TPSA) is 13.1 Å². The molecule has 0 fully saturated rings. The van der Waals surface area contributed by atoms with Gasteiger partial charge in [-0.15, -0.1) is 11.3 Å². The third-order valence-corrected chi connectivity index (χ3v) is 14.0. The lowest BCUT2D eigenvalue weighted by Gasteiger charge is -2.27. The number of benzene rings is 10. The highest BCUT2D eigenvalue weighted by atomic mass is 32.1. The highest BCUT2D eigenvalue weighted by Crippen LogP contribution is 2.43. The predicted molar refractivity (Wildman–Crippen MR) is 274 cm³/mol. The molecule has 0 radical (unpaired) electrons. The summed E-state index contributed by atoms with van der Waals surface area (Å²) in [6.45, 7) is 0. The summed E-state index contributed by atoms with van der Waals surface area (Å²) >= 11 is 1.86. The summed E-state index contributed by atoms with van der Waals surface area (Å²) < 4.78 is 7.47. The zero-order chi connectivity index (χ0) is 42.1. The summed E-state index contributed by atoms with van der Waals surface area (Å²) in [6.07, 6.45) is 0. The van der Waals surface area contributed by atoms with Gasteiger partial charge in [0.2, 0.25) is 0 Å². The second-order valence-corrected chi connectivity index (χ2v) is 17.6. The number of fused-ring (bicyclic) bond motifs is 9. The molecule has 64 heavy (non-hydrogen) atoms. The van der Waals surface area contributed by atoms with Crippen LogP contribution in [0.2, 0.25) is 0 Å². The van der Waals surface area contributed by atoms with Crippen LogP contribution < -0.4 is 4.90 Å². The van der Waals surface area contributed by atoms with E-state index in [1.165, 1.54) is 75.0 Å². The van der Waals surface area contributed by atoms with Crippen molar-refractivity contribution < 1.29 is 0 Å². The minimum atomic E-state index is 1.08. The van der Waals surface area contributed by atoms with E-state index in [9.17, 15) is 0 Å². The van der Waals surface area contributed by atoms with Crippen LogP contribution in [0, 0.1) is 0 Å². The fourth-order valence-electron chi connectivity index (χ4n) is 9.96. The molecule has 13 rings (SSSR count). The first-order valence-corrected chi connectivity index (χ1v) is 22.6. The van der Waals surface area contributed by atoms with E-state index >= 15 is 0 Å². The summed E-state index contributed by atoms with van der Waals surface area (Å²) in [5.41, 5.74) is 15.0. The molecule has 0 saturated heterocycles. The fourth-order valence-corrected chi connectivity index (χ4v) is 11.0. The fraction of sp³-hybridized carbons (Fsp3) is 0. The molecule has 0 aliphatic heterocycles. The molecule has 0 aliphatic carbocycles. The molecule has 13 aromatic rings. The lowest BCUT2D eigenvalue weighted by atomic mass is 10.0. The molecule has 0 N–H and O–H groups in total. The Hall–Kier alpha value is -8.18. The molecular weight excluding hydrogens is 795 g/mol. The van der Waals surface area contributed by atoms with Crippen molar-refractivity contribution in [1.82, 2.24) is 9.13 Å². The van der Waals surface area contributed by atoms with Gasteiger partial charge in [-0.25, -0.2) is 0 Å². The van der Waals surface area contributed by atoms with Crippen LogP contribution >= 0.6 is 11.3 Å². The van der Waals surface area contributed by atoms with Crippen LogP contribution in [-0.2, 0) is 0 Å². The second kappa shape index (κ2) is 14.7. The normalized spacial score (nSPS) is 11.8. The van der Waals surface area contributed by atoms with E-state index in [0.717, 1.165) is 39.5 Å². The Morgan fingerprint density at radius 3 is 1.48 bits per heavy atom. The van der Waals surface area contributed by atoms with Gasteiger partial charge in [-0.1, -0.05) is 146 Å². The van der Waals surface area contributed by atoms with Crippen molar-refractivity contribution in [2.75, 3.05) is 4.90 Å². The molecule has 0 unspecified atom stereocenters. The van der Waals surface area contributed by atoms with E-state index < -0.39 is 0 Å². The highest BCUT2D eigenvalue weighted by molar-refractivity contribution is 7.25. The van der Waals surface area contributed by atoms with Crippen LogP contribution in [0.4, 0.5) is 17.1 Å². The van der Waals surface area contributed by atoms with E-state index in [-0.39, 0.29) is 0 Å². The Morgan fingerprint density at radius 2 is 0.766 bits per heavy atom. The Morgan fingerprint density at radius 1 is 0.266 bits per heavy atom. The summed E-state index contributed by atoms with van der Waals surface area (Å²) in [6, 6.07) is 86.5. The molecule has 3 heterocycles. The standard InChI is InChI=1S/C60H39N3S/c1-3-15-40(16-4-1)41-17-13-21-45(35-41)61(46-22-14-18-42(36-46)43-29-32-51-49-23-7-10-26-55(49)62(57(51)37-43)44-19-5-2-6-20-44)48-30-33-52-50-24-8-11-27-56(50)63(58(52)39-48)47-31-34-60-54(38-47)53-25-9-12-28-59(53)64-60/h1-39H. The molecule has 0 atom stereocenters. The number of aromatic nitrogens is 2. The molecule has 0 saturated carbocycles. The SMILES string of the molecule is c1ccc(-c2cccc(N(c3cccc(-c4ccc5c6ccccc6n(-c6ccccc6)c5c4)c3)c3ccc4c5ccccc5n(-c5ccc6sc7ccccc7c6c5)c4c3)c2)cc1. The van der Waals surface area contributed by atoms with Gasteiger partial charge in [-0.05, 0) is 113 Å². The van der Waals surface area contributed by atoms with E-state index in [2.05, 4.69) is 251 Å². The van der Waals surface area contributed by atoms with Gasteiger partial charge in [0.15, 0.2) is 0 Å². The van der Waals surface area contributed by atoms with Crippen LogP contribution in [-0.4, -0.2) is 9.13 Å². The third kappa shape index (κ3) is 5.88. The van der Waals surface area contributed by atoms with Crippen molar-refractivity contribution in [2.24, 2.45) is 0 Å². The number of hydrogen-bond acceptors (Lipinski definition) is 2. The van der Waals surface area contributed by atoms with Gasteiger partial charge in [-0.3, -0.25) is 0 Å². The molecule has 0 aliphatic rings. The van der Waals surface area contributed by atoms with E-state index in [0.29, 0.717) is 0 Å². The second-order valence-electron chi connectivity index (χ2n) is 16.6. The molecule has 10 aromatic carbocycles. The maximum Gasteiger partial charge on any atom is 0.0561 e. The van der Waals surface area contributed by atoms with Crippen molar-refractivity contribution in [3.63, 3.8) is 0 Å². The Bertz CT molecular complexity index is 3910. The minimum Gasteiger partial charge on any atom is -0.310 e. The van der Waals surface area contributed by atoms with Crippen molar-refractivity contribution in [1.29, 1.82) is 0 Å². The average Bonchev–Trinajstić information content (AvgIpc) is 4.02. The molecule has 0 spiro atoms. The number of para-hydroxylation sites is 3. The van der Waals surface area contributed by atoms with Crippen molar-refractivity contribution in [3.05, 3.63) is 237 Å². The van der Waals surface area contributed by atoms with Gasteiger partial charge in [0, 0.05) is 70.2 Å². The summed E-state index contributed by atoms with van der Waals surface area (Å²) in [5, 5.41) is 7.55. The summed E-state index contributed by atoms with van der Waals surface area (Å²) in [4.78, 5) is 2.42. The predicted octanol–water partition coefficient (Wildman–Crippen LogP) is 17.1. The van der Waals surface area contributed by atoms with E-state index in [1.807, 2.05) is 11.3 Å². The Labute approximate surface area is 374 Å². The third-order valence-electron chi connectivity index (χ3n) is 12.9. The van der Waals surface area contributed by atoms with Gasteiger partial charge < -0.3 is 14.0 Å². The first kappa shape index (κ1) is 36.5. The average molecular weight is 834 g/mol. The summed E-state index contributed by atoms with van der Waals surface area (Å²) in [7, 11) is 0. The lowest BCUT2D eigenvalue weighted by molar-refractivity contribution is 1.18. The van der Waals surface area contributed by atoms with Crippen LogP contribution in [0.5, 0.6) is 0 Å². The zero-order valence-electron chi connectivity index (χ0n) is 34.8. The van der Waals surface area contributed by atoms with Crippen molar-refractivity contribution >= 4 is 92.2 Å². The van der Waals surface area contributed by atoms with Gasteiger partial charge in [0.25, 0.3) is 0 Å². The minimum absolute atomic E-state index is 1.08. The molecule has 0 bridgehead atoms. The largest absolute Gasteiger partial charge is 0.310 e. The number of anilines is 3. The quantitative estimate of drug-likeness (QED) is 0.156. The Kier molecular flexibility index (Phi) is 8.40. The van der Waals surface area contributed by atoms with Crippen LogP contribution in [0.1, 0.15) is 0 Å². The van der Waals surface area contributed by atoms with Crippen LogP contribution in [0.15, 0.2) is 237 Å². The lowest BCUT2D eigenvalue weighted by Crippen LogP contribution is -2.10. The molecule has 300 valence electrons. The maximum absolute atomic E-state index is 2.45. The van der Waals surface area contributed by atoms with Gasteiger partial charge >= 0.3 is 0 Å². The van der Waals surface area contributed by atoms with E-state index in [4.69, 9.17) is 0 Å². The van der Waals surface area contributed by atoms with Gasteiger partial charge in [-0.2, -0.15) is 0 Å². The molecule has 0 amide bonds. The molecule has 3 aromatic heterocycles. The smallest absolute Gasteiger partial charge is 0.0561 e. The molecule has 3 nitrogen and oxygen atoms in total. The first-order chi connectivity index (χ1) is 31.7. The van der Waals surface area contributed by atoms with Crippen molar-refractivity contribution in [3.8, 4) is 33.6 Å². The molecular formula is C60H39N3S. The number of thiophene rings is 1. The van der Waals surface area contributed by atoms with Crippen molar-refractivity contribution in [2.45, 2.75) is 0 Å². The maximum atomic E-state index is 2.45. The highest BCUT2D eigenvalue weighted by Gasteiger charge is 2.20. The summed E-state index contributed by atoms with van der Waals surface area (Å²) in [5.74, 6) is 0. The Balaban J connectivity index is 1.01. The number of nitrogens with zero attached hydrogens (tertiary/aromatic N) is 3. The van der Waals surface area contributed by atoms with E-state index in [1.54, 1.807) is 0 Å². The first-order valence-electron chi connectivity index (χ1n) is 21.8. The number of rotatable bonds is 7. The monoisotopic (exact) mass is 833 g/mol. The van der Waals surface area contributed by atoms with Gasteiger partial charge in [0.05, 0.1) is 22.1 Å².